The van der Waals surface area contributed by atoms with Crippen molar-refractivity contribution >= 4 is 5.78 Å². The van der Waals surface area contributed by atoms with Crippen molar-refractivity contribution in [3.05, 3.63) is 0 Å². The molecule has 0 spiro atoms. The summed E-state index contributed by atoms with van der Waals surface area (Å²) in [5.74, 6) is 0.183. The number of ether oxygens (including phenoxy) is 1. The maximum Gasteiger partial charge on any atom is 0.172 e. The number of methoxy groups -OCH3 is 1. The van der Waals surface area contributed by atoms with Gasteiger partial charge < -0.3 is 4.74 Å². The SMILES string of the molecule is CCN(CC)C1CCN(CC(=O)COC)C1. The smallest absolute Gasteiger partial charge is 0.172 e. The van der Waals surface area contributed by atoms with E-state index in [4.69, 9.17) is 4.74 Å². The minimum absolute atomic E-state index is 0.183. The van der Waals surface area contributed by atoms with Crippen LogP contribution in [0, 0.1) is 0 Å². The van der Waals surface area contributed by atoms with Crippen molar-refractivity contribution < 1.29 is 9.53 Å². The maximum absolute atomic E-state index is 11.4. The largest absolute Gasteiger partial charge is 0.377 e. The third-order valence-electron chi connectivity index (χ3n) is 3.28. The summed E-state index contributed by atoms with van der Waals surface area (Å²) in [5, 5.41) is 0. The van der Waals surface area contributed by atoms with Crippen LogP contribution in [0.2, 0.25) is 0 Å². The van der Waals surface area contributed by atoms with Crippen LogP contribution in [-0.2, 0) is 9.53 Å². The Bertz CT molecular complexity index is 217. The molecule has 0 amide bonds. The summed E-state index contributed by atoms with van der Waals surface area (Å²) in [4.78, 5) is 16.1. The average Bonchev–Trinajstić information content (AvgIpc) is 2.68. The van der Waals surface area contributed by atoms with Crippen molar-refractivity contribution in [3.8, 4) is 0 Å². The number of hydrogen-bond donors (Lipinski definition) is 0. The number of hydrogen-bond acceptors (Lipinski definition) is 4. The first-order valence-electron chi connectivity index (χ1n) is 6.18. The van der Waals surface area contributed by atoms with Crippen molar-refractivity contribution in [1.29, 1.82) is 0 Å². The first kappa shape index (κ1) is 13.6. The first-order chi connectivity index (χ1) is 7.71. The van der Waals surface area contributed by atoms with Crippen LogP contribution in [-0.4, -0.2) is 68.1 Å². The molecule has 0 radical (unpaired) electrons. The van der Waals surface area contributed by atoms with Gasteiger partial charge in [-0.15, -0.1) is 0 Å². The molecule has 1 fully saturated rings. The number of likely N-dealkylation sites (N-methyl/N-ethyl adjacent to an activating group) is 1. The highest BCUT2D eigenvalue weighted by molar-refractivity contribution is 5.81. The monoisotopic (exact) mass is 228 g/mol. The Labute approximate surface area is 98.5 Å². The number of ketones is 1. The lowest BCUT2D eigenvalue weighted by Gasteiger charge is -2.26. The lowest BCUT2D eigenvalue weighted by molar-refractivity contribution is -0.123. The van der Waals surface area contributed by atoms with E-state index in [1.54, 1.807) is 7.11 Å². The van der Waals surface area contributed by atoms with Gasteiger partial charge in [-0.05, 0) is 19.5 Å². The summed E-state index contributed by atoms with van der Waals surface area (Å²) in [6, 6.07) is 0.630. The summed E-state index contributed by atoms with van der Waals surface area (Å²) in [6.07, 6.45) is 1.18. The molecule has 1 aliphatic rings. The zero-order chi connectivity index (χ0) is 12.0. The van der Waals surface area contributed by atoms with E-state index >= 15 is 0 Å². The normalized spacial score (nSPS) is 21.9. The van der Waals surface area contributed by atoms with Crippen LogP contribution in [0.15, 0.2) is 0 Å². The topological polar surface area (TPSA) is 32.8 Å². The second-order valence-corrected chi connectivity index (χ2v) is 4.37. The van der Waals surface area contributed by atoms with E-state index in [0.717, 1.165) is 26.2 Å². The van der Waals surface area contributed by atoms with Gasteiger partial charge in [-0.1, -0.05) is 13.8 Å². The standard InChI is InChI=1S/C12H24N2O2/c1-4-14(5-2)11-6-7-13(8-11)9-12(15)10-16-3/h11H,4-10H2,1-3H3. The molecule has 1 rings (SSSR count). The van der Waals surface area contributed by atoms with Gasteiger partial charge in [-0.25, -0.2) is 0 Å². The molecule has 0 saturated carbocycles. The number of likely N-dealkylation sites (tertiary alicyclic amines) is 1. The van der Waals surface area contributed by atoms with Gasteiger partial charge in [0.25, 0.3) is 0 Å². The molecule has 1 saturated heterocycles. The third-order valence-corrected chi connectivity index (χ3v) is 3.28. The minimum atomic E-state index is 0.183. The average molecular weight is 228 g/mol. The van der Waals surface area contributed by atoms with Gasteiger partial charge in [-0.3, -0.25) is 14.6 Å². The van der Waals surface area contributed by atoms with E-state index in [2.05, 4.69) is 23.6 Å². The van der Waals surface area contributed by atoms with E-state index in [-0.39, 0.29) is 12.4 Å². The second-order valence-electron chi connectivity index (χ2n) is 4.37. The highest BCUT2D eigenvalue weighted by Gasteiger charge is 2.26. The Morgan fingerprint density at radius 3 is 2.69 bits per heavy atom. The van der Waals surface area contributed by atoms with Crippen molar-refractivity contribution in [3.63, 3.8) is 0 Å². The zero-order valence-electron chi connectivity index (χ0n) is 10.7. The molecule has 16 heavy (non-hydrogen) atoms. The van der Waals surface area contributed by atoms with E-state index in [9.17, 15) is 4.79 Å². The van der Waals surface area contributed by atoms with Crippen LogP contribution in [0.25, 0.3) is 0 Å². The number of rotatable bonds is 7. The fourth-order valence-corrected chi connectivity index (χ4v) is 2.45. The van der Waals surface area contributed by atoms with Crippen LogP contribution in [0.1, 0.15) is 20.3 Å². The highest BCUT2D eigenvalue weighted by Crippen LogP contribution is 2.14. The number of nitrogens with zero attached hydrogens (tertiary/aromatic N) is 2. The maximum atomic E-state index is 11.4. The molecule has 4 nitrogen and oxygen atoms in total. The number of Topliss-reactive ketones (excluding diaryl/α,β-unsaturated/α-hetero) is 1. The van der Waals surface area contributed by atoms with E-state index in [1.165, 1.54) is 6.42 Å². The molecule has 1 aliphatic heterocycles. The fraction of sp³-hybridized carbons (Fsp3) is 0.917. The zero-order valence-corrected chi connectivity index (χ0v) is 10.7. The summed E-state index contributed by atoms with van der Waals surface area (Å²) in [5.41, 5.74) is 0. The van der Waals surface area contributed by atoms with Crippen molar-refractivity contribution in [2.24, 2.45) is 0 Å². The van der Waals surface area contributed by atoms with Crippen molar-refractivity contribution in [2.45, 2.75) is 26.3 Å². The molecule has 0 bridgehead atoms. The predicted molar refractivity (Wildman–Crippen MR) is 64.6 cm³/mol. The minimum Gasteiger partial charge on any atom is -0.377 e. The van der Waals surface area contributed by atoms with Gasteiger partial charge in [-0.2, -0.15) is 0 Å². The van der Waals surface area contributed by atoms with Gasteiger partial charge in [0.2, 0.25) is 0 Å². The molecule has 1 heterocycles. The predicted octanol–water partition coefficient (Wildman–Crippen LogP) is 0.618. The molecule has 94 valence electrons. The third kappa shape index (κ3) is 3.85. The van der Waals surface area contributed by atoms with E-state index in [1.807, 2.05) is 0 Å². The van der Waals surface area contributed by atoms with Crippen LogP contribution in [0.3, 0.4) is 0 Å². The van der Waals surface area contributed by atoms with Gasteiger partial charge in [0, 0.05) is 26.2 Å². The first-order valence-corrected chi connectivity index (χ1v) is 6.18. The molecule has 0 aromatic heterocycles. The lowest BCUT2D eigenvalue weighted by atomic mass is 10.2. The highest BCUT2D eigenvalue weighted by atomic mass is 16.5. The molecule has 0 aromatic rings. The van der Waals surface area contributed by atoms with Crippen LogP contribution in [0.5, 0.6) is 0 Å². The number of carbonyl (C=O) groups is 1. The van der Waals surface area contributed by atoms with Gasteiger partial charge >= 0.3 is 0 Å². The Hall–Kier alpha value is -0.450. The van der Waals surface area contributed by atoms with Crippen molar-refractivity contribution in [1.82, 2.24) is 9.80 Å². The molecule has 4 heteroatoms. The van der Waals surface area contributed by atoms with E-state index in [0.29, 0.717) is 12.6 Å². The molecule has 0 aromatic carbocycles. The van der Waals surface area contributed by atoms with Gasteiger partial charge in [0.15, 0.2) is 5.78 Å². The molecule has 1 unspecified atom stereocenters. The molecule has 0 aliphatic carbocycles. The Morgan fingerprint density at radius 1 is 1.44 bits per heavy atom. The second kappa shape index (κ2) is 6.99. The Balaban J connectivity index is 2.31. The summed E-state index contributed by atoms with van der Waals surface area (Å²) in [7, 11) is 1.57. The van der Waals surface area contributed by atoms with Crippen LogP contribution >= 0.6 is 0 Å². The van der Waals surface area contributed by atoms with Gasteiger partial charge in [0.1, 0.15) is 6.61 Å². The van der Waals surface area contributed by atoms with Crippen molar-refractivity contribution in [2.75, 3.05) is 46.4 Å². The molecular formula is C12H24N2O2. The van der Waals surface area contributed by atoms with Crippen LogP contribution < -0.4 is 0 Å². The Kier molecular flexibility index (Phi) is 5.95. The number of carbonyl (C=O) groups excluding carboxylic acids is 1. The molecule has 0 N–H and O–H groups in total. The van der Waals surface area contributed by atoms with Gasteiger partial charge in [0.05, 0.1) is 6.54 Å². The molecular weight excluding hydrogens is 204 g/mol. The lowest BCUT2D eigenvalue weighted by Crippen LogP contribution is -2.38. The fourth-order valence-electron chi connectivity index (χ4n) is 2.45. The summed E-state index contributed by atoms with van der Waals surface area (Å²) in [6.45, 7) is 9.44. The molecule has 1 atom stereocenters. The summed E-state index contributed by atoms with van der Waals surface area (Å²) < 4.78 is 4.84. The van der Waals surface area contributed by atoms with E-state index < -0.39 is 0 Å². The summed E-state index contributed by atoms with van der Waals surface area (Å²) >= 11 is 0. The quantitative estimate of drug-likeness (QED) is 0.639. The Morgan fingerprint density at radius 2 is 2.12 bits per heavy atom. The van der Waals surface area contributed by atoms with Crippen LogP contribution in [0.4, 0.5) is 0 Å².